The van der Waals surface area contributed by atoms with Crippen LogP contribution in [0.25, 0.3) is 0 Å². The average molecular weight is 265 g/mol. The van der Waals surface area contributed by atoms with Crippen LogP contribution in [0.15, 0.2) is 48.5 Å². The second-order valence-corrected chi connectivity index (χ2v) is 4.17. The lowest BCUT2D eigenvalue weighted by Crippen LogP contribution is -2.18. The van der Waals surface area contributed by atoms with E-state index in [2.05, 4.69) is 6.07 Å². The Morgan fingerprint density at radius 3 is 2.35 bits per heavy atom. The Balaban J connectivity index is 2.40. The van der Waals surface area contributed by atoms with E-state index < -0.39 is 5.82 Å². The molecule has 2 aromatic carbocycles. The summed E-state index contributed by atoms with van der Waals surface area (Å²) in [5.74, 6) is -0.553. The highest BCUT2D eigenvalue weighted by Gasteiger charge is 2.11. The molecule has 0 aliphatic carbocycles. The number of para-hydroxylation sites is 1. The summed E-state index contributed by atoms with van der Waals surface area (Å²) in [5.41, 5.74) is 1.52. The van der Waals surface area contributed by atoms with E-state index in [9.17, 15) is 4.39 Å². The van der Waals surface area contributed by atoms with Gasteiger partial charge in [0.2, 0.25) is 0 Å². The summed E-state index contributed by atoms with van der Waals surface area (Å²) >= 11 is 0. The van der Waals surface area contributed by atoms with Gasteiger partial charge in [-0.05, 0) is 30.3 Å². The quantitative estimate of drug-likeness (QED) is 0.846. The van der Waals surface area contributed by atoms with Crippen LogP contribution in [0.5, 0.6) is 0 Å². The van der Waals surface area contributed by atoms with E-state index in [-0.39, 0.29) is 5.56 Å². The summed E-state index contributed by atoms with van der Waals surface area (Å²) in [7, 11) is 0. The van der Waals surface area contributed by atoms with Crippen molar-refractivity contribution in [2.75, 3.05) is 11.4 Å². The Morgan fingerprint density at radius 2 is 1.75 bits per heavy atom. The van der Waals surface area contributed by atoms with Crippen molar-refractivity contribution in [2.45, 2.75) is 6.42 Å². The Bertz CT molecular complexity index is 668. The number of rotatable bonds is 4. The molecule has 20 heavy (non-hydrogen) atoms. The lowest BCUT2D eigenvalue weighted by molar-refractivity contribution is 0.623. The van der Waals surface area contributed by atoms with Crippen LogP contribution >= 0.6 is 0 Å². The van der Waals surface area contributed by atoms with Gasteiger partial charge >= 0.3 is 0 Å². The number of hydrogen-bond acceptors (Lipinski definition) is 3. The monoisotopic (exact) mass is 265 g/mol. The molecule has 2 aromatic rings. The van der Waals surface area contributed by atoms with Crippen LogP contribution in [0.1, 0.15) is 12.0 Å². The number of nitrogens with zero attached hydrogens (tertiary/aromatic N) is 3. The maximum atomic E-state index is 13.7. The molecule has 0 radical (unpaired) electrons. The highest BCUT2D eigenvalue weighted by molar-refractivity contribution is 5.64. The van der Waals surface area contributed by atoms with E-state index in [0.29, 0.717) is 18.7 Å². The Kier molecular flexibility index (Phi) is 4.32. The van der Waals surface area contributed by atoms with Crippen molar-refractivity contribution < 1.29 is 4.39 Å². The highest BCUT2D eigenvalue weighted by atomic mass is 19.1. The van der Waals surface area contributed by atoms with Crippen LogP contribution in [0.4, 0.5) is 15.8 Å². The molecule has 0 aromatic heterocycles. The second kappa shape index (κ2) is 6.36. The molecule has 0 amide bonds. The van der Waals surface area contributed by atoms with Crippen molar-refractivity contribution in [2.24, 2.45) is 0 Å². The first-order valence-electron chi connectivity index (χ1n) is 6.15. The van der Waals surface area contributed by atoms with Crippen molar-refractivity contribution >= 4 is 11.4 Å². The summed E-state index contributed by atoms with van der Waals surface area (Å²) in [5, 5.41) is 17.5. The van der Waals surface area contributed by atoms with Crippen LogP contribution in [0.3, 0.4) is 0 Å². The fourth-order valence-electron chi connectivity index (χ4n) is 1.94. The maximum absolute atomic E-state index is 13.7. The molecule has 3 nitrogen and oxygen atoms in total. The van der Waals surface area contributed by atoms with Gasteiger partial charge in [0.05, 0.1) is 18.1 Å². The molecule has 2 rings (SSSR count). The van der Waals surface area contributed by atoms with Crippen LogP contribution in [0.2, 0.25) is 0 Å². The van der Waals surface area contributed by atoms with Crippen molar-refractivity contribution in [3.8, 4) is 12.1 Å². The topological polar surface area (TPSA) is 50.8 Å². The fraction of sp³-hybridized carbons (Fsp3) is 0.125. The van der Waals surface area contributed by atoms with Gasteiger partial charge in [0, 0.05) is 17.9 Å². The van der Waals surface area contributed by atoms with E-state index in [0.717, 1.165) is 5.69 Å². The number of nitriles is 2. The third-order valence-corrected chi connectivity index (χ3v) is 2.90. The zero-order valence-corrected chi connectivity index (χ0v) is 10.8. The molecule has 0 N–H and O–H groups in total. The Hall–Kier alpha value is -2.85. The molecule has 0 atom stereocenters. The first kappa shape index (κ1) is 13.6. The van der Waals surface area contributed by atoms with Crippen molar-refractivity contribution in [3.63, 3.8) is 0 Å². The lowest BCUT2D eigenvalue weighted by Gasteiger charge is -2.24. The maximum Gasteiger partial charge on any atom is 0.143 e. The normalized spacial score (nSPS) is 9.55. The fourth-order valence-corrected chi connectivity index (χ4v) is 1.94. The van der Waals surface area contributed by atoms with Gasteiger partial charge in [0.1, 0.15) is 11.9 Å². The summed E-state index contributed by atoms with van der Waals surface area (Å²) in [6, 6.07) is 17.8. The average Bonchev–Trinajstić information content (AvgIpc) is 2.49. The summed E-state index contributed by atoms with van der Waals surface area (Å²) in [6.07, 6.45) is 0.330. The third kappa shape index (κ3) is 2.93. The Labute approximate surface area is 117 Å². The minimum atomic E-state index is -0.553. The lowest BCUT2D eigenvalue weighted by atomic mass is 10.1. The molecule has 0 bridgehead atoms. The molecule has 0 fully saturated rings. The summed E-state index contributed by atoms with van der Waals surface area (Å²) in [4.78, 5) is 1.85. The van der Waals surface area contributed by atoms with Gasteiger partial charge in [0.15, 0.2) is 0 Å². The summed E-state index contributed by atoms with van der Waals surface area (Å²) < 4.78 is 13.7. The van der Waals surface area contributed by atoms with Crippen LogP contribution in [0, 0.1) is 28.5 Å². The van der Waals surface area contributed by atoms with Gasteiger partial charge in [0.25, 0.3) is 0 Å². The molecular formula is C16H12FN3. The van der Waals surface area contributed by atoms with E-state index in [1.54, 1.807) is 12.1 Å². The number of benzene rings is 2. The molecule has 0 saturated heterocycles. The molecule has 0 aliphatic heterocycles. The molecule has 0 heterocycles. The van der Waals surface area contributed by atoms with Gasteiger partial charge < -0.3 is 4.90 Å². The number of anilines is 2. The van der Waals surface area contributed by atoms with Gasteiger partial charge in [-0.1, -0.05) is 18.2 Å². The SMILES string of the molecule is N#CCCN(c1ccccc1)c1ccc(C#N)c(F)c1. The van der Waals surface area contributed by atoms with Gasteiger partial charge in [-0.25, -0.2) is 4.39 Å². The Morgan fingerprint density at radius 1 is 1.00 bits per heavy atom. The standard InChI is InChI=1S/C16H12FN3/c17-16-11-15(8-7-13(16)12-19)20(10-4-9-18)14-5-2-1-3-6-14/h1-3,5-8,11H,4,10H2. The van der Waals surface area contributed by atoms with Crippen molar-refractivity contribution in [1.82, 2.24) is 0 Å². The molecule has 98 valence electrons. The smallest absolute Gasteiger partial charge is 0.143 e. The second-order valence-electron chi connectivity index (χ2n) is 4.17. The minimum absolute atomic E-state index is 0.0158. The van der Waals surface area contributed by atoms with Gasteiger partial charge in [-0.15, -0.1) is 0 Å². The molecule has 0 unspecified atom stereocenters. The zero-order chi connectivity index (χ0) is 14.4. The third-order valence-electron chi connectivity index (χ3n) is 2.90. The predicted molar refractivity (Wildman–Crippen MR) is 74.8 cm³/mol. The van der Waals surface area contributed by atoms with E-state index >= 15 is 0 Å². The van der Waals surface area contributed by atoms with E-state index in [1.807, 2.05) is 35.2 Å². The van der Waals surface area contributed by atoms with E-state index in [1.165, 1.54) is 12.1 Å². The molecule has 0 saturated carbocycles. The largest absolute Gasteiger partial charge is 0.340 e. The molecule has 0 aliphatic rings. The van der Waals surface area contributed by atoms with Crippen LogP contribution in [-0.4, -0.2) is 6.54 Å². The first-order chi connectivity index (χ1) is 9.76. The van der Waals surface area contributed by atoms with Crippen molar-refractivity contribution in [1.29, 1.82) is 10.5 Å². The molecule has 4 heteroatoms. The highest BCUT2D eigenvalue weighted by Crippen LogP contribution is 2.26. The molecular weight excluding hydrogens is 253 g/mol. The molecule has 0 spiro atoms. The van der Waals surface area contributed by atoms with Crippen LogP contribution in [-0.2, 0) is 0 Å². The predicted octanol–water partition coefficient (Wildman–Crippen LogP) is 3.75. The van der Waals surface area contributed by atoms with Crippen molar-refractivity contribution in [3.05, 3.63) is 59.9 Å². The first-order valence-corrected chi connectivity index (χ1v) is 6.15. The van der Waals surface area contributed by atoms with Crippen LogP contribution < -0.4 is 4.90 Å². The van der Waals surface area contributed by atoms with E-state index in [4.69, 9.17) is 10.5 Å². The van der Waals surface area contributed by atoms with Gasteiger partial charge in [-0.2, -0.15) is 10.5 Å². The minimum Gasteiger partial charge on any atom is -0.340 e. The zero-order valence-electron chi connectivity index (χ0n) is 10.8. The summed E-state index contributed by atoms with van der Waals surface area (Å²) in [6.45, 7) is 0.464. The number of halogens is 1. The number of hydrogen-bond donors (Lipinski definition) is 0. The van der Waals surface area contributed by atoms with Gasteiger partial charge in [-0.3, -0.25) is 0 Å².